The lowest BCUT2D eigenvalue weighted by molar-refractivity contribution is -0.385. The summed E-state index contributed by atoms with van der Waals surface area (Å²) in [5, 5.41) is 15.6. The second-order valence-corrected chi connectivity index (χ2v) is 4.00. The second-order valence-electron chi connectivity index (χ2n) is 4.00. The van der Waals surface area contributed by atoms with Gasteiger partial charge in [-0.1, -0.05) is 0 Å². The molecular formula is C11H13F3N4O3. The summed E-state index contributed by atoms with van der Waals surface area (Å²) in [4.78, 5) is 25.5. The van der Waals surface area contributed by atoms with Crippen LogP contribution in [0.15, 0.2) is 12.3 Å². The van der Waals surface area contributed by atoms with Gasteiger partial charge in [0.05, 0.1) is 11.3 Å². The first-order valence-corrected chi connectivity index (χ1v) is 5.98. The standard InChI is InChI=1S/C11H13F3N4O3/c1-2-15-9-5-7(8(6-17-9)18(20)21)10(19)16-4-3-11(12,13)14/h5-6H,2-4H2,1H3,(H,15,17)(H,16,19). The minimum atomic E-state index is -4.41. The van der Waals surface area contributed by atoms with Crippen LogP contribution < -0.4 is 10.6 Å². The monoisotopic (exact) mass is 306 g/mol. The van der Waals surface area contributed by atoms with Crippen LogP contribution in [0.4, 0.5) is 24.7 Å². The third-order valence-electron chi connectivity index (χ3n) is 2.38. The number of pyridine rings is 1. The van der Waals surface area contributed by atoms with Gasteiger partial charge in [0.25, 0.3) is 11.6 Å². The van der Waals surface area contributed by atoms with Crippen LogP contribution in [-0.2, 0) is 0 Å². The van der Waals surface area contributed by atoms with Gasteiger partial charge < -0.3 is 10.6 Å². The highest BCUT2D eigenvalue weighted by atomic mass is 19.4. The molecular weight excluding hydrogens is 293 g/mol. The topological polar surface area (TPSA) is 97.2 Å². The van der Waals surface area contributed by atoms with Gasteiger partial charge in [-0.15, -0.1) is 0 Å². The molecule has 0 saturated carbocycles. The first kappa shape index (κ1) is 16.7. The Kier molecular flexibility index (Phi) is 5.44. The van der Waals surface area contributed by atoms with Crippen LogP contribution in [0.2, 0.25) is 0 Å². The molecule has 7 nitrogen and oxygen atoms in total. The Morgan fingerprint density at radius 1 is 1.48 bits per heavy atom. The van der Waals surface area contributed by atoms with Crippen molar-refractivity contribution in [2.75, 3.05) is 18.4 Å². The fourth-order valence-corrected chi connectivity index (χ4v) is 1.47. The van der Waals surface area contributed by atoms with Gasteiger partial charge in [-0.05, 0) is 6.92 Å². The molecule has 1 aromatic rings. The largest absolute Gasteiger partial charge is 0.390 e. The molecule has 0 aromatic carbocycles. The summed E-state index contributed by atoms with van der Waals surface area (Å²) in [7, 11) is 0. The van der Waals surface area contributed by atoms with Crippen molar-refractivity contribution in [3.8, 4) is 0 Å². The molecule has 0 spiro atoms. The van der Waals surface area contributed by atoms with E-state index in [1.165, 1.54) is 0 Å². The van der Waals surface area contributed by atoms with Gasteiger partial charge in [0, 0.05) is 19.2 Å². The number of hydrogen-bond donors (Lipinski definition) is 2. The van der Waals surface area contributed by atoms with Gasteiger partial charge in [0.2, 0.25) is 0 Å². The molecule has 0 aliphatic carbocycles. The Labute approximate surface area is 117 Å². The van der Waals surface area contributed by atoms with E-state index in [1.54, 1.807) is 6.92 Å². The lowest BCUT2D eigenvalue weighted by Gasteiger charge is -2.09. The molecule has 0 aliphatic heterocycles. The van der Waals surface area contributed by atoms with E-state index in [-0.39, 0.29) is 11.4 Å². The number of halogens is 3. The number of amides is 1. The molecule has 0 fully saturated rings. The van der Waals surface area contributed by atoms with E-state index in [2.05, 4.69) is 10.3 Å². The highest BCUT2D eigenvalue weighted by Gasteiger charge is 2.27. The second kappa shape index (κ2) is 6.86. The number of nitrogens with one attached hydrogen (secondary N) is 2. The molecule has 1 aromatic heterocycles. The highest BCUT2D eigenvalue weighted by molar-refractivity contribution is 5.98. The third-order valence-corrected chi connectivity index (χ3v) is 2.38. The average Bonchev–Trinajstić information content (AvgIpc) is 2.37. The lowest BCUT2D eigenvalue weighted by Crippen LogP contribution is -2.28. The molecule has 0 radical (unpaired) electrons. The zero-order valence-corrected chi connectivity index (χ0v) is 11.0. The number of anilines is 1. The number of carbonyl (C=O) groups is 1. The fourth-order valence-electron chi connectivity index (χ4n) is 1.47. The van der Waals surface area contributed by atoms with E-state index in [9.17, 15) is 28.1 Å². The van der Waals surface area contributed by atoms with Crippen LogP contribution in [-0.4, -0.2) is 35.1 Å². The number of nitro groups is 1. The van der Waals surface area contributed by atoms with Crippen molar-refractivity contribution in [2.45, 2.75) is 19.5 Å². The SMILES string of the molecule is CCNc1cc(C(=O)NCCC(F)(F)F)c([N+](=O)[O-])cn1. The zero-order chi connectivity index (χ0) is 16.0. The Hall–Kier alpha value is -2.39. The molecule has 21 heavy (non-hydrogen) atoms. The number of hydrogen-bond acceptors (Lipinski definition) is 5. The van der Waals surface area contributed by atoms with Gasteiger partial charge in [-0.2, -0.15) is 13.2 Å². The van der Waals surface area contributed by atoms with Gasteiger partial charge in [-0.3, -0.25) is 14.9 Å². The van der Waals surface area contributed by atoms with E-state index in [1.807, 2.05) is 5.32 Å². The molecule has 0 bridgehead atoms. The van der Waals surface area contributed by atoms with E-state index in [4.69, 9.17) is 0 Å². The molecule has 0 atom stereocenters. The normalized spacial score (nSPS) is 11.0. The maximum absolute atomic E-state index is 12.0. The van der Waals surface area contributed by atoms with Gasteiger partial charge in [-0.25, -0.2) is 4.98 Å². The Morgan fingerprint density at radius 2 is 2.14 bits per heavy atom. The summed E-state index contributed by atoms with van der Waals surface area (Å²) >= 11 is 0. The molecule has 0 unspecified atom stereocenters. The smallest absolute Gasteiger partial charge is 0.370 e. The van der Waals surface area contributed by atoms with Crippen molar-refractivity contribution >= 4 is 17.4 Å². The first-order chi connectivity index (χ1) is 9.74. The van der Waals surface area contributed by atoms with Crippen molar-refractivity contribution in [1.82, 2.24) is 10.3 Å². The van der Waals surface area contributed by atoms with Crippen LogP contribution >= 0.6 is 0 Å². The summed E-state index contributed by atoms with van der Waals surface area (Å²) in [6.45, 7) is 1.57. The van der Waals surface area contributed by atoms with Crippen molar-refractivity contribution in [1.29, 1.82) is 0 Å². The van der Waals surface area contributed by atoms with Crippen LogP contribution in [0.3, 0.4) is 0 Å². The molecule has 1 heterocycles. The Bertz CT molecular complexity index is 534. The van der Waals surface area contributed by atoms with Crippen LogP contribution in [0.25, 0.3) is 0 Å². The van der Waals surface area contributed by atoms with E-state index >= 15 is 0 Å². The van der Waals surface area contributed by atoms with E-state index < -0.39 is 35.7 Å². The summed E-state index contributed by atoms with van der Waals surface area (Å²) in [5.41, 5.74) is -0.908. The molecule has 0 aliphatic rings. The van der Waals surface area contributed by atoms with Crippen molar-refractivity contribution in [3.05, 3.63) is 27.9 Å². The Balaban J connectivity index is 2.89. The van der Waals surface area contributed by atoms with Gasteiger partial charge in [0.15, 0.2) is 0 Å². The molecule has 1 amide bonds. The third kappa shape index (κ3) is 5.24. The van der Waals surface area contributed by atoms with E-state index in [0.29, 0.717) is 6.54 Å². The van der Waals surface area contributed by atoms with Gasteiger partial charge in [0.1, 0.15) is 17.6 Å². The molecule has 0 saturated heterocycles. The summed E-state index contributed by atoms with van der Waals surface area (Å²) in [6.07, 6.45) is -4.74. The summed E-state index contributed by atoms with van der Waals surface area (Å²) in [5.74, 6) is -0.725. The van der Waals surface area contributed by atoms with Crippen LogP contribution in [0.1, 0.15) is 23.7 Å². The minimum Gasteiger partial charge on any atom is -0.370 e. The number of nitrogens with zero attached hydrogens (tertiary/aromatic N) is 2. The molecule has 116 valence electrons. The van der Waals surface area contributed by atoms with Crippen LogP contribution in [0.5, 0.6) is 0 Å². The maximum Gasteiger partial charge on any atom is 0.390 e. The lowest BCUT2D eigenvalue weighted by atomic mass is 10.2. The quantitative estimate of drug-likeness (QED) is 0.619. The Morgan fingerprint density at radius 3 is 2.67 bits per heavy atom. The maximum atomic E-state index is 12.0. The summed E-state index contributed by atoms with van der Waals surface area (Å²) < 4.78 is 36.0. The first-order valence-electron chi connectivity index (χ1n) is 5.98. The minimum absolute atomic E-state index is 0.226. The number of alkyl halides is 3. The predicted octanol–water partition coefficient (Wildman–Crippen LogP) is 2.10. The van der Waals surface area contributed by atoms with Gasteiger partial charge >= 0.3 is 6.18 Å². The molecule has 10 heteroatoms. The average molecular weight is 306 g/mol. The number of rotatable bonds is 6. The summed E-state index contributed by atoms with van der Waals surface area (Å²) in [6, 6.07) is 1.13. The highest BCUT2D eigenvalue weighted by Crippen LogP contribution is 2.21. The van der Waals surface area contributed by atoms with Crippen LogP contribution in [0, 0.1) is 10.1 Å². The number of aromatic nitrogens is 1. The van der Waals surface area contributed by atoms with Crippen molar-refractivity contribution in [2.24, 2.45) is 0 Å². The zero-order valence-electron chi connectivity index (χ0n) is 11.0. The fraction of sp³-hybridized carbons (Fsp3) is 0.455. The number of carbonyl (C=O) groups excluding carboxylic acids is 1. The predicted molar refractivity (Wildman–Crippen MR) is 68.1 cm³/mol. The molecule has 1 rings (SSSR count). The van der Waals surface area contributed by atoms with Crippen molar-refractivity contribution < 1.29 is 22.9 Å². The van der Waals surface area contributed by atoms with E-state index in [0.717, 1.165) is 12.3 Å². The van der Waals surface area contributed by atoms with Crippen molar-refractivity contribution in [3.63, 3.8) is 0 Å². The molecule has 2 N–H and O–H groups in total.